The predicted octanol–water partition coefficient (Wildman–Crippen LogP) is 4.09. The number of piperazine rings is 1. The van der Waals surface area contributed by atoms with Crippen LogP contribution < -0.4 is 15.9 Å². The molecule has 12 heteroatoms. The van der Waals surface area contributed by atoms with Crippen LogP contribution in [0.25, 0.3) is 28.0 Å². The summed E-state index contributed by atoms with van der Waals surface area (Å²) >= 11 is 6.79. The van der Waals surface area contributed by atoms with E-state index < -0.39 is 17.4 Å². The molecule has 42 heavy (non-hydrogen) atoms. The average Bonchev–Trinajstić information content (AvgIpc) is 2.98. The van der Waals surface area contributed by atoms with Gasteiger partial charge in [-0.05, 0) is 41.8 Å². The van der Waals surface area contributed by atoms with Crippen LogP contribution in [0.4, 0.5) is 15.9 Å². The lowest BCUT2D eigenvalue weighted by Gasteiger charge is -2.35. The van der Waals surface area contributed by atoms with Crippen LogP contribution in [0.2, 0.25) is 5.02 Å². The fraction of sp³-hybridized carbons (Fsp3) is 0.267. The highest BCUT2D eigenvalue weighted by atomic mass is 35.5. The number of pyridine rings is 2. The average molecular weight is 588 g/mol. The van der Waals surface area contributed by atoms with E-state index in [1.165, 1.54) is 22.8 Å². The first kappa shape index (κ1) is 27.5. The van der Waals surface area contributed by atoms with E-state index in [0.29, 0.717) is 54.3 Å². The van der Waals surface area contributed by atoms with Crippen LogP contribution in [0.3, 0.4) is 0 Å². The molecule has 2 aliphatic heterocycles. The van der Waals surface area contributed by atoms with Gasteiger partial charge in [-0.15, -0.1) is 0 Å². The lowest BCUT2D eigenvalue weighted by Crippen LogP contribution is -2.49. The van der Waals surface area contributed by atoms with Crippen LogP contribution in [0.5, 0.6) is 0 Å². The molecule has 5 heterocycles. The minimum Gasteiger partial charge on any atom is -0.352 e. The third-order valence-electron chi connectivity index (χ3n) is 7.55. The molecule has 2 amide bonds. The molecule has 214 valence electrons. The topological polar surface area (TPSA) is 113 Å². The SMILES string of the molecule is C=CC(=O)N1CCN(c2nc(=O)n3c4nc(c(Cl)cc24)-c2c(F)cccc2NC(=O)Cc2ccnc(C(C)C)c2-3)CC1. The van der Waals surface area contributed by atoms with Crippen molar-refractivity contribution in [1.82, 2.24) is 24.4 Å². The van der Waals surface area contributed by atoms with Crippen molar-refractivity contribution in [2.45, 2.75) is 26.2 Å². The third kappa shape index (κ3) is 4.59. The van der Waals surface area contributed by atoms with Crippen molar-refractivity contribution in [3.05, 3.63) is 81.8 Å². The van der Waals surface area contributed by atoms with E-state index in [4.69, 9.17) is 16.6 Å². The van der Waals surface area contributed by atoms with Gasteiger partial charge in [0.1, 0.15) is 11.6 Å². The number of nitrogens with zero attached hydrogens (tertiary/aromatic N) is 6. The standard InChI is InChI=1S/C30H27ClFN7O3/c1-4-23(41)37-10-12-38(13-11-37)28-18-15-19(31)26-24-20(32)6-5-7-21(24)34-22(40)14-17-8-9-33-25(16(2)3)27(17)39(29(18)35-26)30(42)36-28/h4-9,15-16H,1,10-14H2,2-3H3,(H,34,40). The predicted molar refractivity (Wildman–Crippen MR) is 159 cm³/mol. The summed E-state index contributed by atoms with van der Waals surface area (Å²) in [5.74, 6) is -0.971. The number of nitrogens with one attached hydrogen (secondary N) is 1. The largest absolute Gasteiger partial charge is 0.355 e. The van der Waals surface area contributed by atoms with Gasteiger partial charge in [-0.1, -0.05) is 38.1 Å². The van der Waals surface area contributed by atoms with E-state index in [1.807, 2.05) is 18.7 Å². The highest BCUT2D eigenvalue weighted by Crippen LogP contribution is 2.39. The van der Waals surface area contributed by atoms with E-state index in [0.717, 1.165) is 0 Å². The van der Waals surface area contributed by atoms with Gasteiger partial charge in [-0.3, -0.25) is 14.6 Å². The van der Waals surface area contributed by atoms with E-state index >= 15 is 4.39 Å². The maximum Gasteiger partial charge on any atom is 0.355 e. The summed E-state index contributed by atoms with van der Waals surface area (Å²) in [5.41, 5.74) is 1.39. The van der Waals surface area contributed by atoms with Crippen molar-refractivity contribution in [3.8, 4) is 16.9 Å². The molecule has 4 aromatic rings. The minimum atomic E-state index is -0.632. The molecule has 0 saturated carbocycles. The van der Waals surface area contributed by atoms with Gasteiger partial charge in [0, 0.05) is 32.4 Å². The summed E-state index contributed by atoms with van der Waals surface area (Å²) in [7, 11) is 0. The van der Waals surface area contributed by atoms with Gasteiger partial charge < -0.3 is 15.1 Å². The smallest absolute Gasteiger partial charge is 0.352 e. The molecular formula is C30H27ClFN7O3. The molecule has 0 atom stereocenters. The molecule has 2 aliphatic rings. The van der Waals surface area contributed by atoms with Gasteiger partial charge in [0.25, 0.3) is 0 Å². The summed E-state index contributed by atoms with van der Waals surface area (Å²) in [4.78, 5) is 56.9. The molecule has 10 nitrogen and oxygen atoms in total. The molecule has 1 saturated heterocycles. The van der Waals surface area contributed by atoms with Gasteiger partial charge in [0.05, 0.1) is 45.2 Å². The Morgan fingerprint density at radius 1 is 1.14 bits per heavy atom. The monoisotopic (exact) mass is 587 g/mol. The Labute approximate surface area is 245 Å². The second kappa shape index (κ2) is 10.6. The molecular weight excluding hydrogens is 561 g/mol. The highest BCUT2D eigenvalue weighted by molar-refractivity contribution is 6.34. The van der Waals surface area contributed by atoms with Gasteiger partial charge >= 0.3 is 5.69 Å². The van der Waals surface area contributed by atoms with Crippen molar-refractivity contribution in [2.75, 3.05) is 36.4 Å². The number of carbonyl (C=O) groups is 2. The number of amides is 2. The highest BCUT2D eigenvalue weighted by Gasteiger charge is 2.29. The zero-order chi connectivity index (χ0) is 29.7. The van der Waals surface area contributed by atoms with Gasteiger partial charge in [-0.2, -0.15) is 4.98 Å². The third-order valence-corrected chi connectivity index (χ3v) is 7.84. The Bertz CT molecular complexity index is 1850. The Morgan fingerprint density at radius 3 is 2.62 bits per heavy atom. The van der Waals surface area contributed by atoms with E-state index in [9.17, 15) is 14.4 Å². The fourth-order valence-corrected chi connectivity index (χ4v) is 5.81. The molecule has 6 rings (SSSR count). The molecule has 1 fully saturated rings. The van der Waals surface area contributed by atoms with E-state index in [2.05, 4.69) is 21.9 Å². The van der Waals surface area contributed by atoms with Crippen LogP contribution in [-0.4, -0.2) is 62.4 Å². The van der Waals surface area contributed by atoms with Crippen LogP contribution in [-0.2, 0) is 16.0 Å². The van der Waals surface area contributed by atoms with Gasteiger partial charge in [0.2, 0.25) is 11.8 Å². The van der Waals surface area contributed by atoms with Gasteiger partial charge in [-0.25, -0.2) is 18.7 Å². The van der Waals surface area contributed by atoms with Crippen molar-refractivity contribution in [1.29, 1.82) is 0 Å². The number of fused-ring (bicyclic) bond motifs is 5. The molecule has 2 bridgehead atoms. The first-order chi connectivity index (χ1) is 20.2. The van der Waals surface area contributed by atoms with Crippen LogP contribution >= 0.6 is 11.6 Å². The quantitative estimate of drug-likeness (QED) is 0.359. The number of aromatic nitrogens is 4. The normalized spacial score (nSPS) is 14.8. The van der Waals surface area contributed by atoms with E-state index in [-0.39, 0.29) is 45.9 Å². The first-order valence-electron chi connectivity index (χ1n) is 13.5. The molecule has 0 unspecified atom stereocenters. The number of hydrogen-bond acceptors (Lipinski definition) is 7. The second-order valence-corrected chi connectivity index (χ2v) is 10.9. The summed E-state index contributed by atoms with van der Waals surface area (Å²) in [6.07, 6.45) is 2.77. The number of anilines is 2. The molecule has 0 radical (unpaired) electrons. The number of carbonyl (C=O) groups excluding carboxylic acids is 2. The number of rotatable bonds is 3. The molecule has 3 aromatic heterocycles. The fourth-order valence-electron chi connectivity index (χ4n) is 5.56. The van der Waals surface area contributed by atoms with Crippen molar-refractivity contribution >= 4 is 46.0 Å². The van der Waals surface area contributed by atoms with Gasteiger partial charge in [0.15, 0.2) is 5.65 Å². The van der Waals surface area contributed by atoms with E-state index in [1.54, 1.807) is 29.3 Å². The number of hydrogen-bond donors (Lipinski definition) is 1. The van der Waals surface area contributed by atoms with Crippen LogP contribution in [0, 0.1) is 5.82 Å². The summed E-state index contributed by atoms with van der Waals surface area (Å²) in [5, 5.41) is 3.38. The maximum absolute atomic E-state index is 15.4. The summed E-state index contributed by atoms with van der Waals surface area (Å²) in [6.45, 7) is 9.08. The zero-order valence-electron chi connectivity index (χ0n) is 23.0. The lowest BCUT2D eigenvalue weighted by molar-refractivity contribution is -0.126. The molecule has 1 aromatic carbocycles. The van der Waals surface area contributed by atoms with Crippen molar-refractivity contribution in [2.24, 2.45) is 0 Å². The number of benzene rings is 1. The Hall–Kier alpha value is -4.64. The molecule has 0 aliphatic carbocycles. The zero-order valence-corrected chi connectivity index (χ0v) is 23.8. The Balaban J connectivity index is 1.68. The first-order valence-corrected chi connectivity index (χ1v) is 13.9. The lowest BCUT2D eigenvalue weighted by atomic mass is 10.0. The second-order valence-electron chi connectivity index (χ2n) is 10.5. The Kier molecular flexibility index (Phi) is 6.97. The van der Waals surface area contributed by atoms with Crippen molar-refractivity contribution < 1.29 is 14.0 Å². The number of halogens is 2. The van der Waals surface area contributed by atoms with Crippen LogP contribution in [0.1, 0.15) is 31.0 Å². The van der Waals surface area contributed by atoms with Crippen molar-refractivity contribution in [3.63, 3.8) is 0 Å². The van der Waals surface area contributed by atoms with Crippen LogP contribution in [0.15, 0.2) is 54.0 Å². The summed E-state index contributed by atoms with van der Waals surface area (Å²) in [6, 6.07) is 7.65. The minimum absolute atomic E-state index is 0.0137. The maximum atomic E-state index is 15.4. The molecule has 0 spiro atoms. The Morgan fingerprint density at radius 2 is 1.90 bits per heavy atom. The molecule has 1 N–H and O–H groups in total. The summed E-state index contributed by atoms with van der Waals surface area (Å²) < 4.78 is 16.8.